The summed E-state index contributed by atoms with van der Waals surface area (Å²) in [4.78, 5) is 26.8. The number of thiocarbonyl (C=S) groups is 1. The smallest absolute Gasteiger partial charge is 0.266 e. The number of rotatable bonds is 5. The minimum atomic E-state index is -0.200. The van der Waals surface area contributed by atoms with Crippen LogP contribution in [0.5, 0.6) is 0 Å². The molecule has 1 N–H and O–H groups in total. The van der Waals surface area contributed by atoms with E-state index in [0.29, 0.717) is 19.9 Å². The molecule has 1 aliphatic rings. The Morgan fingerprint density at radius 3 is 2.70 bits per heavy atom. The Kier molecular flexibility index (Phi) is 6.31. The molecule has 1 saturated heterocycles. The van der Waals surface area contributed by atoms with E-state index in [1.807, 2.05) is 37.3 Å². The first-order valence-electron chi connectivity index (χ1n) is 8.30. The summed E-state index contributed by atoms with van der Waals surface area (Å²) < 4.78 is 0.467. The summed E-state index contributed by atoms with van der Waals surface area (Å²) in [6.45, 7) is 2.25. The van der Waals surface area contributed by atoms with Crippen molar-refractivity contribution in [2.75, 3.05) is 11.9 Å². The fourth-order valence-corrected chi connectivity index (χ4v) is 4.01. The van der Waals surface area contributed by atoms with Gasteiger partial charge in [0.2, 0.25) is 5.91 Å². The zero-order chi connectivity index (χ0) is 19.4. The lowest BCUT2D eigenvalue weighted by Gasteiger charge is -2.14. The first-order chi connectivity index (χ1) is 12.9. The highest BCUT2D eigenvalue weighted by Gasteiger charge is 2.32. The number of amides is 2. The average Bonchev–Trinajstić information content (AvgIpc) is 2.88. The number of hydrogen-bond donors (Lipinski definition) is 1. The first-order valence-corrected chi connectivity index (χ1v) is 9.90. The van der Waals surface area contributed by atoms with Gasteiger partial charge in [-0.2, -0.15) is 0 Å². The average molecular weight is 417 g/mol. The zero-order valence-electron chi connectivity index (χ0n) is 14.6. The molecule has 0 aromatic heterocycles. The van der Waals surface area contributed by atoms with E-state index >= 15 is 0 Å². The minimum Gasteiger partial charge on any atom is -0.326 e. The number of hydrogen-bond acceptors (Lipinski definition) is 4. The molecule has 3 rings (SSSR count). The summed E-state index contributed by atoms with van der Waals surface area (Å²) in [6, 6.07) is 14.8. The molecule has 27 heavy (non-hydrogen) atoms. The summed E-state index contributed by atoms with van der Waals surface area (Å²) in [5.41, 5.74) is 2.72. The van der Waals surface area contributed by atoms with Gasteiger partial charge in [0.05, 0.1) is 4.91 Å². The Balaban J connectivity index is 1.60. The third-order valence-corrected chi connectivity index (χ3v) is 5.53. The molecule has 4 nitrogen and oxygen atoms in total. The molecule has 0 atom stereocenters. The van der Waals surface area contributed by atoms with Crippen molar-refractivity contribution >= 4 is 63.5 Å². The summed E-state index contributed by atoms with van der Waals surface area (Å²) in [5, 5.41) is 3.31. The van der Waals surface area contributed by atoms with Gasteiger partial charge in [-0.05, 0) is 36.8 Å². The van der Waals surface area contributed by atoms with E-state index in [1.165, 1.54) is 16.7 Å². The van der Waals surface area contributed by atoms with Gasteiger partial charge in [0, 0.05) is 23.7 Å². The zero-order valence-corrected chi connectivity index (χ0v) is 17.0. The van der Waals surface area contributed by atoms with Crippen molar-refractivity contribution in [3.05, 3.63) is 69.6 Å². The van der Waals surface area contributed by atoms with Crippen LogP contribution in [0.1, 0.15) is 17.5 Å². The molecule has 1 fully saturated rings. The number of aryl methyl sites for hydroxylation is 1. The van der Waals surface area contributed by atoms with Crippen LogP contribution >= 0.6 is 35.6 Å². The predicted molar refractivity (Wildman–Crippen MR) is 116 cm³/mol. The Morgan fingerprint density at radius 1 is 1.26 bits per heavy atom. The highest BCUT2D eigenvalue weighted by Crippen LogP contribution is 2.32. The molecule has 2 aromatic rings. The number of halogens is 1. The van der Waals surface area contributed by atoms with Gasteiger partial charge < -0.3 is 5.32 Å². The molecular weight excluding hydrogens is 400 g/mol. The van der Waals surface area contributed by atoms with Crippen molar-refractivity contribution in [3.8, 4) is 0 Å². The summed E-state index contributed by atoms with van der Waals surface area (Å²) in [7, 11) is 0. The van der Waals surface area contributed by atoms with Crippen LogP contribution < -0.4 is 5.32 Å². The van der Waals surface area contributed by atoms with Crippen molar-refractivity contribution in [3.63, 3.8) is 0 Å². The van der Waals surface area contributed by atoms with Crippen LogP contribution in [0, 0.1) is 6.92 Å². The highest BCUT2D eigenvalue weighted by molar-refractivity contribution is 8.26. The molecule has 7 heteroatoms. The molecule has 0 radical (unpaired) electrons. The molecule has 0 aliphatic carbocycles. The van der Waals surface area contributed by atoms with Gasteiger partial charge in [-0.1, -0.05) is 71.5 Å². The Morgan fingerprint density at radius 2 is 2.00 bits per heavy atom. The molecule has 138 valence electrons. The first kappa shape index (κ1) is 19.6. The van der Waals surface area contributed by atoms with Crippen LogP contribution in [0.25, 0.3) is 6.08 Å². The maximum absolute atomic E-state index is 12.6. The number of thioether (sulfide) groups is 1. The molecule has 0 bridgehead atoms. The van der Waals surface area contributed by atoms with E-state index in [4.69, 9.17) is 23.8 Å². The second-order valence-electron chi connectivity index (χ2n) is 6.05. The molecule has 0 spiro atoms. The third-order valence-electron chi connectivity index (χ3n) is 3.92. The molecule has 1 aliphatic heterocycles. The molecule has 1 heterocycles. The fraction of sp³-hybridized carbons (Fsp3) is 0.150. The van der Waals surface area contributed by atoms with Crippen LogP contribution in [0.15, 0.2) is 53.4 Å². The molecular formula is C20H17ClN2O2S2. The Bertz CT molecular complexity index is 926. The van der Waals surface area contributed by atoms with E-state index in [-0.39, 0.29) is 24.8 Å². The van der Waals surface area contributed by atoms with Crippen LogP contribution in [0.2, 0.25) is 5.02 Å². The van der Waals surface area contributed by atoms with E-state index in [1.54, 1.807) is 24.3 Å². The van der Waals surface area contributed by atoms with Gasteiger partial charge in [-0.3, -0.25) is 14.5 Å². The molecule has 0 saturated carbocycles. The standard InChI is InChI=1S/C20H17ClN2O2S2/c1-13-5-7-14(8-6-13)11-17-19(25)23(20(26)27-17)10-9-18(24)22-16-4-2-3-15(21)12-16/h2-8,11-12H,9-10H2,1H3,(H,22,24)/b17-11+. The van der Waals surface area contributed by atoms with Crippen LogP contribution in [-0.4, -0.2) is 27.6 Å². The molecule has 0 unspecified atom stereocenters. The quantitative estimate of drug-likeness (QED) is 0.557. The Labute approximate surface area is 172 Å². The van der Waals surface area contributed by atoms with Crippen LogP contribution in [0.4, 0.5) is 5.69 Å². The SMILES string of the molecule is Cc1ccc(/C=C2/SC(=S)N(CCC(=O)Nc3cccc(Cl)c3)C2=O)cc1. The number of nitrogens with one attached hydrogen (secondary N) is 1. The normalized spacial score (nSPS) is 15.5. The monoisotopic (exact) mass is 416 g/mol. The van der Waals surface area contributed by atoms with Gasteiger partial charge in [-0.25, -0.2) is 0 Å². The largest absolute Gasteiger partial charge is 0.326 e. The Hall–Kier alpha value is -2.15. The van der Waals surface area contributed by atoms with Crippen LogP contribution in [0.3, 0.4) is 0 Å². The number of anilines is 1. The summed E-state index contributed by atoms with van der Waals surface area (Å²) in [6.07, 6.45) is 1.97. The molecule has 2 amide bonds. The van der Waals surface area contributed by atoms with Crippen molar-refractivity contribution in [1.29, 1.82) is 0 Å². The van der Waals surface area contributed by atoms with E-state index in [9.17, 15) is 9.59 Å². The number of carbonyl (C=O) groups is 2. The number of benzene rings is 2. The van der Waals surface area contributed by atoms with Gasteiger partial charge in [0.25, 0.3) is 5.91 Å². The lowest BCUT2D eigenvalue weighted by molar-refractivity contribution is -0.122. The van der Waals surface area contributed by atoms with E-state index in [0.717, 1.165) is 11.1 Å². The van der Waals surface area contributed by atoms with Gasteiger partial charge in [-0.15, -0.1) is 0 Å². The van der Waals surface area contributed by atoms with E-state index < -0.39 is 0 Å². The van der Waals surface area contributed by atoms with Crippen molar-refractivity contribution in [2.24, 2.45) is 0 Å². The topological polar surface area (TPSA) is 49.4 Å². The van der Waals surface area contributed by atoms with Crippen molar-refractivity contribution in [1.82, 2.24) is 4.90 Å². The van der Waals surface area contributed by atoms with Crippen molar-refractivity contribution in [2.45, 2.75) is 13.3 Å². The van der Waals surface area contributed by atoms with Crippen molar-refractivity contribution < 1.29 is 9.59 Å². The lowest BCUT2D eigenvalue weighted by Crippen LogP contribution is -2.31. The van der Waals surface area contributed by atoms with E-state index in [2.05, 4.69) is 5.32 Å². The third kappa shape index (κ3) is 5.19. The molecule has 2 aromatic carbocycles. The fourth-order valence-electron chi connectivity index (χ4n) is 2.51. The minimum absolute atomic E-state index is 0.150. The van der Waals surface area contributed by atoms with Gasteiger partial charge in [0.1, 0.15) is 4.32 Å². The summed E-state index contributed by atoms with van der Waals surface area (Å²) >= 11 is 12.5. The van der Waals surface area contributed by atoms with Gasteiger partial charge in [0.15, 0.2) is 0 Å². The second-order valence-corrected chi connectivity index (χ2v) is 8.16. The summed E-state index contributed by atoms with van der Waals surface area (Å²) in [5.74, 6) is -0.366. The maximum Gasteiger partial charge on any atom is 0.266 e. The number of carbonyl (C=O) groups excluding carboxylic acids is 2. The predicted octanol–water partition coefficient (Wildman–Crippen LogP) is 4.88. The highest BCUT2D eigenvalue weighted by atomic mass is 35.5. The van der Waals surface area contributed by atoms with Crippen LogP contribution in [-0.2, 0) is 9.59 Å². The maximum atomic E-state index is 12.6. The lowest BCUT2D eigenvalue weighted by atomic mass is 10.1. The van der Waals surface area contributed by atoms with Gasteiger partial charge >= 0.3 is 0 Å². The number of nitrogens with zero attached hydrogens (tertiary/aromatic N) is 1. The second kappa shape index (κ2) is 8.69.